The van der Waals surface area contributed by atoms with Crippen molar-refractivity contribution in [3.05, 3.63) is 51.0 Å². The molecule has 1 N–H and O–H groups in total. The van der Waals surface area contributed by atoms with Crippen LogP contribution in [0.25, 0.3) is 0 Å². The lowest BCUT2D eigenvalue weighted by Crippen LogP contribution is -2.08. The van der Waals surface area contributed by atoms with Gasteiger partial charge in [0, 0.05) is 21.5 Å². The predicted octanol–water partition coefficient (Wildman–Crippen LogP) is 2.48. The fourth-order valence-electron chi connectivity index (χ4n) is 1.71. The van der Waals surface area contributed by atoms with Gasteiger partial charge in [-0.25, -0.2) is 4.98 Å². The normalized spacial score (nSPS) is 12.2. The molecule has 2 rings (SSSR count). The van der Waals surface area contributed by atoms with Gasteiger partial charge >= 0.3 is 0 Å². The quantitative estimate of drug-likeness (QED) is 0.859. The molecule has 1 atom stereocenters. The summed E-state index contributed by atoms with van der Waals surface area (Å²) in [4.78, 5) is 8.20. The SMILES string of the molecule is COc1nccnc1C(O)c1cccc(C)c1I. The van der Waals surface area contributed by atoms with Gasteiger partial charge in [-0.15, -0.1) is 0 Å². The number of hydrogen-bond donors (Lipinski definition) is 1. The largest absolute Gasteiger partial charge is 0.480 e. The predicted molar refractivity (Wildman–Crippen MR) is 76.5 cm³/mol. The Morgan fingerprint density at radius 2 is 2.00 bits per heavy atom. The molecule has 0 amide bonds. The molecule has 0 aliphatic rings. The second kappa shape index (κ2) is 5.62. The Balaban J connectivity index is 2.48. The first-order chi connectivity index (χ1) is 8.65. The van der Waals surface area contributed by atoms with Crippen molar-refractivity contribution in [2.75, 3.05) is 7.11 Å². The van der Waals surface area contributed by atoms with Gasteiger partial charge in [-0.05, 0) is 35.1 Å². The van der Waals surface area contributed by atoms with Crippen molar-refractivity contribution >= 4 is 22.6 Å². The van der Waals surface area contributed by atoms with Crippen LogP contribution < -0.4 is 4.74 Å². The minimum atomic E-state index is -0.833. The van der Waals surface area contributed by atoms with Crippen LogP contribution in [0.4, 0.5) is 0 Å². The number of nitrogens with zero attached hydrogens (tertiary/aromatic N) is 2. The molecule has 1 aromatic heterocycles. The summed E-state index contributed by atoms with van der Waals surface area (Å²) in [6, 6.07) is 5.80. The molecule has 18 heavy (non-hydrogen) atoms. The van der Waals surface area contributed by atoms with Gasteiger partial charge < -0.3 is 9.84 Å². The van der Waals surface area contributed by atoms with Crippen molar-refractivity contribution in [3.8, 4) is 5.88 Å². The molecular weight excluding hydrogens is 343 g/mol. The summed E-state index contributed by atoms with van der Waals surface area (Å²) >= 11 is 2.22. The van der Waals surface area contributed by atoms with Gasteiger partial charge in [-0.1, -0.05) is 18.2 Å². The molecule has 0 radical (unpaired) electrons. The van der Waals surface area contributed by atoms with E-state index in [9.17, 15) is 5.11 Å². The molecule has 0 bridgehead atoms. The van der Waals surface area contributed by atoms with Crippen LogP contribution in [0.15, 0.2) is 30.6 Å². The molecule has 1 aromatic carbocycles. The summed E-state index contributed by atoms with van der Waals surface area (Å²) < 4.78 is 6.15. The molecule has 0 spiro atoms. The van der Waals surface area contributed by atoms with Crippen LogP contribution in [0.3, 0.4) is 0 Å². The lowest BCUT2D eigenvalue weighted by molar-refractivity contribution is 0.206. The van der Waals surface area contributed by atoms with E-state index >= 15 is 0 Å². The Morgan fingerprint density at radius 1 is 1.28 bits per heavy atom. The average molecular weight is 356 g/mol. The highest BCUT2D eigenvalue weighted by molar-refractivity contribution is 14.1. The number of rotatable bonds is 3. The standard InChI is InChI=1S/C13H13IN2O2/c1-8-4-3-5-9(10(8)14)12(17)11-13(18-2)16-7-6-15-11/h3-7,12,17H,1-2H3. The molecule has 1 unspecified atom stereocenters. The van der Waals surface area contributed by atoms with E-state index in [1.807, 2.05) is 25.1 Å². The van der Waals surface area contributed by atoms with Crippen molar-refractivity contribution < 1.29 is 9.84 Å². The van der Waals surface area contributed by atoms with Crippen molar-refractivity contribution in [1.82, 2.24) is 9.97 Å². The van der Waals surface area contributed by atoms with Gasteiger partial charge in [0.25, 0.3) is 0 Å². The van der Waals surface area contributed by atoms with Gasteiger partial charge in [-0.2, -0.15) is 0 Å². The van der Waals surface area contributed by atoms with Crippen molar-refractivity contribution in [1.29, 1.82) is 0 Å². The van der Waals surface area contributed by atoms with Crippen molar-refractivity contribution in [3.63, 3.8) is 0 Å². The fourth-order valence-corrected chi connectivity index (χ4v) is 2.36. The molecule has 0 saturated carbocycles. The highest BCUT2D eigenvalue weighted by Gasteiger charge is 2.20. The fraction of sp³-hybridized carbons (Fsp3) is 0.231. The maximum absolute atomic E-state index is 10.4. The maximum Gasteiger partial charge on any atom is 0.238 e. The van der Waals surface area contributed by atoms with E-state index in [0.717, 1.165) is 14.7 Å². The summed E-state index contributed by atoms with van der Waals surface area (Å²) in [5, 5.41) is 10.4. The third-order valence-electron chi connectivity index (χ3n) is 2.66. The number of aliphatic hydroxyl groups excluding tert-OH is 1. The monoisotopic (exact) mass is 356 g/mol. The summed E-state index contributed by atoms with van der Waals surface area (Å²) in [5.74, 6) is 0.349. The Bertz CT molecular complexity index is 560. The number of halogens is 1. The summed E-state index contributed by atoms with van der Waals surface area (Å²) in [6.07, 6.45) is 2.25. The minimum Gasteiger partial charge on any atom is -0.480 e. The molecule has 5 heteroatoms. The smallest absolute Gasteiger partial charge is 0.238 e. The molecule has 0 aliphatic heterocycles. The maximum atomic E-state index is 10.4. The van der Waals surface area contributed by atoms with E-state index in [0.29, 0.717) is 11.6 Å². The van der Waals surface area contributed by atoms with Gasteiger partial charge in [0.2, 0.25) is 5.88 Å². The van der Waals surface area contributed by atoms with Crippen molar-refractivity contribution in [2.45, 2.75) is 13.0 Å². The van der Waals surface area contributed by atoms with E-state index in [1.165, 1.54) is 13.3 Å². The molecular formula is C13H13IN2O2. The summed E-state index contributed by atoms with van der Waals surface area (Å²) in [6.45, 7) is 2.01. The van der Waals surface area contributed by atoms with Gasteiger partial charge in [0.15, 0.2) is 0 Å². The Labute approximate surface area is 119 Å². The lowest BCUT2D eigenvalue weighted by atomic mass is 10.0. The third-order valence-corrected chi connectivity index (χ3v) is 4.13. The van der Waals surface area contributed by atoms with E-state index in [2.05, 4.69) is 32.6 Å². The zero-order valence-electron chi connectivity index (χ0n) is 10.1. The first-order valence-corrected chi connectivity index (χ1v) is 6.51. The Morgan fingerprint density at radius 3 is 2.72 bits per heavy atom. The number of methoxy groups -OCH3 is 1. The molecule has 94 valence electrons. The van der Waals surface area contributed by atoms with Crippen LogP contribution in [-0.4, -0.2) is 22.2 Å². The van der Waals surface area contributed by atoms with Crippen LogP contribution in [-0.2, 0) is 0 Å². The Kier molecular flexibility index (Phi) is 4.13. The number of aryl methyl sites for hydroxylation is 1. The highest BCUT2D eigenvalue weighted by Crippen LogP contribution is 2.30. The number of hydrogen-bond acceptors (Lipinski definition) is 4. The second-order valence-electron chi connectivity index (χ2n) is 3.83. The first kappa shape index (κ1) is 13.2. The number of ether oxygens (including phenoxy) is 1. The van der Waals surface area contributed by atoms with Crippen LogP contribution in [0.1, 0.15) is 22.9 Å². The second-order valence-corrected chi connectivity index (χ2v) is 4.91. The molecule has 0 saturated heterocycles. The topological polar surface area (TPSA) is 55.2 Å². The van der Waals surface area contributed by atoms with E-state index in [4.69, 9.17) is 4.74 Å². The third kappa shape index (κ3) is 2.46. The van der Waals surface area contributed by atoms with Gasteiger partial charge in [0.05, 0.1) is 7.11 Å². The van der Waals surface area contributed by atoms with E-state index in [-0.39, 0.29) is 0 Å². The lowest BCUT2D eigenvalue weighted by Gasteiger charge is -2.15. The zero-order valence-corrected chi connectivity index (χ0v) is 12.2. The summed E-state index contributed by atoms with van der Waals surface area (Å²) in [5.41, 5.74) is 2.37. The van der Waals surface area contributed by atoms with Gasteiger partial charge in [0.1, 0.15) is 11.8 Å². The van der Waals surface area contributed by atoms with Crippen LogP contribution in [0.5, 0.6) is 5.88 Å². The number of benzene rings is 1. The number of aromatic nitrogens is 2. The van der Waals surface area contributed by atoms with E-state index < -0.39 is 6.10 Å². The van der Waals surface area contributed by atoms with Crippen LogP contribution in [0, 0.1) is 10.5 Å². The minimum absolute atomic E-state index is 0.349. The molecule has 0 fully saturated rings. The molecule has 4 nitrogen and oxygen atoms in total. The van der Waals surface area contributed by atoms with Crippen LogP contribution in [0.2, 0.25) is 0 Å². The first-order valence-electron chi connectivity index (χ1n) is 5.43. The van der Waals surface area contributed by atoms with Gasteiger partial charge in [-0.3, -0.25) is 4.98 Å². The zero-order chi connectivity index (χ0) is 13.1. The van der Waals surface area contributed by atoms with Crippen LogP contribution >= 0.6 is 22.6 Å². The summed E-state index contributed by atoms with van der Waals surface area (Å²) in [7, 11) is 1.52. The molecule has 1 heterocycles. The molecule has 0 aliphatic carbocycles. The van der Waals surface area contributed by atoms with E-state index in [1.54, 1.807) is 6.20 Å². The number of aliphatic hydroxyl groups is 1. The average Bonchev–Trinajstić information content (AvgIpc) is 2.41. The highest BCUT2D eigenvalue weighted by atomic mass is 127. The Hall–Kier alpha value is -1.21. The van der Waals surface area contributed by atoms with Crippen molar-refractivity contribution in [2.24, 2.45) is 0 Å². The molecule has 2 aromatic rings.